The Balaban J connectivity index is 2.34. The number of carbonyl (C=O) groups excluding carboxylic acids is 1. The van der Waals surface area contributed by atoms with Crippen molar-refractivity contribution < 1.29 is 18.1 Å². The van der Waals surface area contributed by atoms with Gasteiger partial charge >= 0.3 is 0 Å². The summed E-state index contributed by atoms with van der Waals surface area (Å²) in [6.45, 7) is 5.59. The van der Waals surface area contributed by atoms with Gasteiger partial charge in [0.05, 0.1) is 15.9 Å². The number of anilines is 1. The highest BCUT2D eigenvalue weighted by Gasteiger charge is 2.32. The maximum atomic E-state index is 12.0. The van der Waals surface area contributed by atoms with Crippen LogP contribution >= 0.6 is 0 Å². The third-order valence-corrected chi connectivity index (χ3v) is 6.06. The Kier molecular flexibility index (Phi) is 5.12. The predicted octanol–water partition coefficient (Wildman–Crippen LogP) is 1.36. The van der Waals surface area contributed by atoms with Gasteiger partial charge in [0.1, 0.15) is 5.69 Å². The van der Waals surface area contributed by atoms with Crippen LogP contribution in [0.3, 0.4) is 0 Å². The van der Waals surface area contributed by atoms with Gasteiger partial charge in [0.2, 0.25) is 0 Å². The Morgan fingerprint density at radius 3 is 2.62 bits per heavy atom. The van der Waals surface area contributed by atoms with Gasteiger partial charge in [0.15, 0.2) is 9.84 Å². The lowest BCUT2D eigenvalue weighted by atomic mass is 10.1. The number of nitro groups is 1. The fraction of sp³-hybridized carbons (Fsp3) is 0.533. The molecule has 1 saturated heterocycles. The zero-order chi connectivity index (χ0) is 18.1. The molecule has 0 aromatic heterocycles. The van der Waals surface area contributed by atoms with E-state index in [0.29, 0.717) is 5.69 Å². The molecule has 8 nitrogen and oxygen atoms in total. The highest BCUT2D eigenvalue weighted by Crippen LogP contribution is 2.31. The number of nitrogens with zero attached hydrogens (tertiary/aromatic N) is 2. The molecule has 1 aliphatic rings. The first-order chi connectivity index (χ1) is 11.1. The second-order valence-corrected chi connectivity index (χ2v) is 8.75. The molecular formula is C15H21N3O5S. The van der Waals surface area contributed by atoms with Gasteiger partial charge in [-0.3, -0.25) is 14.9 Å². The van der Waals surface area contributed by atoms with E-state index in [4.69, 9.17) is 0 Å². The summed E-state index contributed by atoms with van der Waals surface area (Å²) in [5.41, 5.74) is 0.345. The van der Waals surface area contributed by atoms with Crippen molar-refractivity contribution in [1.82, 2.24) is 5.32 Å². The van der Waals surface area contributed by atoms with Gasteiger partial charge in [0.25, 0.3) is 11.6 Å². The Morgan fingerprint density at radius 2 is 2.08 bits per heavy atom. The number of amides is 1. The van der Waals surface area contributed by atoms with Gasteiger partial charge in [-0.25, -0.2) is 8.42 Å². The minimum atomic E-state index is -3.15. The summed E-state index contributed by atoms with van der Waals surface area (Å²) in [4.78, 5) is 24.6. The predicted molar refractivity (Wildman–Crippen MR) is 91.2 cm³/mol. The lowest BCUT2D eigenvalue weighted by Crippen LogP contribution is -2.45. The first kappa shape index (κ1) is 18.2. The SMILES string of the molecule is CC(C)NC(=O)c1ccc(N2CCS(=O)(=O)C(C)C2)c([N+](=O)[O-])c1. The molecule has 0 bridgehead atoms. The lowest BCUT2D eigenvalue weighted by Gasteiger charge is -2.32. The number of hydrogen-bond donors (Lipinski definition) is 1. The number of sulfone groups is 1. The van der Waals surface area contributed by atoms with Crippen LogP contribution in [0, 0.1) is 10.1 Å². The summed E-state index contributed by atoms with van der Waals surface area (Å²) in [5.74, 6) is -0.421. The van der Waals surface area contributed by atoms with Crippen LogP contribution in [0.25, 0.3) is 0 Å². The highest BCUT2D eigenvalue weighted by atomic mass is 32.2. The van der Waals surface area contributed by atoms with E-state index in [0.717, 1.165) is 0 Å². The molecular weight excluding hydrogens is 334 g/mol. The molecule has 1 amide bonds. The molecule has 1 aromatic rings. The number of benzene rings is 1. The molecule has 1 aliphatic heterocycles. The zero-order valence-electron chi connectivity index (χ0n) is 13.9. The fourth-order valence-corrected chi connectivity index (χ4v) is 3.88. The Labute approximate surface area is 140 Å². The fourth-order valence-electron chi connectivity index (χ4n) is 2.60. The van der Waals surface area contributed by atoms with E-state index in [1.165, 1.54) is 18.2 Å². The third-order valence-electron chi connectivity index (χ3n) is 3.93. The van der Waals surface area contributed by atoms with Crippen molar-refractivity contribution >= 4 is 27.1 Å². The second kappa shape index (κ2) is 6.76. The standard InChI is InChI=1S/C15H21N3O5S/c1-10(2)16-15(19)12-4-5-13(14(8-12)18(20)21)17-6-7-24(22,23)11(3)9-17/h4-5,8,10-11H,6-7,9H2,1-3H3,(H,16,19). The summed E-state index contributed by atoms with van der Waals surface area (Å²) in [5, 5.41) is 13.5. The van der Waals surface area contributed by atoms with Crippen LogP contribution in [0.4, 0.5) is 11.4 Å². The van der Waals surface area contributed by atoms with Crippen molar-refractivity contribution in [2.24, 2.45) is 0 Å². The van der Waals surface area contributed by atoms with E-state index in [1.807, 2.05) is 0 Å². The van der Waals surface area contributed by atoms with Gasteiger partial charge in [-0.1, -0.05) is 0 Å². The van der Waals surface area contributed by atoms with E-state index >= 15 is 0 Å². The molecule has 1 heterocycles. The number of rotatable bonds is 4. The normalized spacial score (nSPS) is 20.0. The Bertz CT molecular complexity index is 760. The molecule has 0 saturated carbocycles. The van der Waals surface area contributed by atoms with Crippen molar-refractivity contribution in [1.29, 1.82) is 0 Å². The topological polar surface area (TPSA) is 110 Å². The van der Waals surface area contributed by atoms with Gasteiger partial charge in [-0.2, -0.15) is 0 Å². The largest absolute Gasteiger partial charge is 0.364 e. The van der Waals surface area contributed by atoms with E-state index in [1.54, 1.807) is 25.7 Å². The molecule has 2 rings (SSSR count). The molecule has 24 heavy (non-hydrogen) atoms. The van der Waals surface area contributed by atoms with Crippen LogP contribution in [-0.4, -0.2) is 49.4 Å². The Morgan fingerprint density at radius 1 is 1.42 bits per heavy atom. The molecule has 1 N–H and O–H groups in total. The van der Waals surface area contributed by atoms with E-state index in [9.17, 15) is 23.3 Å². The minimum absolute atomic E-state index is 0.0408. The number of nitrogens with one attached hydrogen (secondary N) is 1. The molecule has 0 aliphatic carbocycles. The van der Waals surface area contributed by atoms with Gasteiger partial charge in [0, 0.05) is 30.8 Å². The first-order valence-electron chi connectivity index (χ1n) is 7.67. The number of hydrogen-bond acceptors (Lipinski definition) is 6. The van der Waals surface area contributed by atoms with E-state index in [-0.39, 0.29) is 42.0 Å². The average Bonchev–Trinajstić information content (AvgIpc) is 2.48. The average molecular weight is 355 g/mol. The van der Waals surface area contributed by atoms with Crippen LogP contribution in [-0.2, 0) is 9.84 Å². The quantitative estimate of drug-likeness (QED) is 0.645. The summed E-state index contributed by atoms with van der Waals surface area (Å²) >= 11 is 0. The van der Waals surface area contributed by atoms with Gasteiger partial charge in [-0.05, 0) is 32.9 Å². The van der Waals surface area contributed by atoms with Gasteiger partial charge in [-0.15, -0.1) is 0 Å². The first-order valence-corrected chi connectivity index (χ1v) is 9.39. The summed E-state index contributed by atoms with van der Waals surface area (Å²) in [6, 6.07) is 4.19. The van der Waals surface area contributed by atoms with Crippen molar-refractivity contribution in [3.05, 3.63) is 33.9 Å². The summed E-state index contributed by atoms with van der Waals surface area (Å²) in [6.07, 6.45) is 0. The summed E-state index contributed by atoms with van der Waals surface area (Å²) < 4.78 is 23.6. The van der Waals surface area contributed by atoms with Crippen molar-refractivity contribution in [3.8, 4) is 0 Å². The molecule has 1 unspecified atom stereocenters. The molecule has 1 atom stereocenters. The summed E-state index contributed by atoms with van der Waals surface area (Å²) in [7, 11) is -3.15. The van der Waals surface area contributed by atoms with Gasteiger partial charge < -0.3 is 10.2 Å². The minimum Gasteiger partial charge on any atom is -0.364 e. The highest BCUT2D eigenvalue weighted by molar-refractivity contribution is 7.92. The molecule has 1 aromatic carbocycles. The van der Waals surface area contributed by atoms with E-state index < -0.39 is 20.0 Å². The number of nitro benzene ring substituents is 1. The Hall–Kier alpha value is -2.16. The van der Waals surface area contributed by atoms with Crippen molar-refractivity contribution in [2.45, 2.75) is 32.1 Å². The van der Waals surface area contributed by atoms with Crippen molar-refractivity contribution in [3.63, 3.8) is 0 Å². The maximum absolute atomic E-state index is 12.0. The van der Waals surface area contributed by atoms with Crippen LogP contribution in [0.2, 0.25) is 0 Å². The second-order valence-electron chi connectivity index (χ2n) is 6.21. The van der Waals surface area contributed by atoms with E-state index in [2.05, 4.69) is 5.32 Å². The molecule has 132 valence electrons. The molecule has 0 radical (unpaired) electrons. The monoisotopic (exact) mass is 355 g/mol. The maximum Gasteiger partial charge on any atom is 0.293 e. The number of carbonyl (C=O) groups is 1. The molecule has 1 fully saturated rings. The molecule has 0 spiro atoms. The smallest absolute Gasteiger partial charge is 0.293 e. The zero-order valence-corrected chi connectivity index (χ0v) is 14.7. The lowest BCUT2D eigenvalue weighted by molar-refractivity contribution is -0.384. The van der Waals surface area contributed by atoms with Crippen LogP contribution in [0.15, 0.2) is 18.2 Å². The third kappa shape index (κ3) is 3.84. The van der Waals surface area contributed by atoms with Crippen LogP contribution in [0.5, 0.6) is 0 Å². The van der Waals surface area contributed by atoms with Crippen LogP contribution < -0.4 is 10.2 Å². The van der Waals surface area contributed by atoms with Crippen molar-refractivity contribution in [2.75, 3.05) is 23.7 Å². The molecule has 9 heteroatoms. The van der Waals surface area contributed by atoms with Crippen LogP contribution in [0.1, 0.15) is 31.1 Å².